The SMILES string of the molecule is CCCCC/C=C\CCCCCCCC(=O)O[C@H](COC(=O)CCCCCCC/C=C\CCCCCCCC)COP(=O)(O)OC[C@H](N)C(=O)O. The average molecular weight is 746 g/mol. The Kier molecular flexibility index (Phi) is 33.6. The first-order valence-corrected chi connectivity index (χ1v) is 21.4. The van der Waals surface area contributed by atoms with E-state index in [1.54, 1.807) is 0 Å². The van der Waals surface area contributed by atoms with Crippen molar-refractivity contribution in [1.82, 2.24) is 0 Å². The third-order valence-corrected chi connectivity index (χ3v) is 9.37. The van der Waals surface area contributed by atoms with Crippen LogP contribution in [-0.2, 0) is 37.5 Å². The van der Waals surface area contributed by atoms with E-state index in [9.17, 15) is 23.8 Å². The fourth-order valence-corrected chi connectivity index (χ4v) is 6.01. The molecule has 0 saturated carbocycles. The molecule has 0 saturated heterocycles. The zero-order valence-electron chi connectivity index (χ0n) is 31.9. The number of esters is 2. The number of allylic oxidation sites excluding steroid dienone is 4. The summed E-state index contributed by atoms with van der Waals surface area (Å²) in [6, 6.07) is -1.52. The fraction of sp³-hybridized carbons (Fsp3) is 0.821. The van der Waals surface area contributed by atoms with Gasteiger partial charge in [-0.05, 0) is 64.2 Å². The van der Waals surface area contributed by atoms with E-state index in [2.05, 4.69) is 42.7 Å². The zero-order chi connectivity index (χ0) is 37.8. The lowest BCUT2D eigenvalue weighted by Gasteiger charge is -2.20. The summed E-state index contributed by atoms with van der Waals surface area (Å²) in [7, 11) is -4.71. The molecule has 4 N–H and O–H groups in total. The summed E-state index contributed by atoms with van der Waals surface area (Å²) in [6.07, 6.45) is 33.9. The van der Waals surface area contributed by atoms with Gasteiger partial charge in [-0.2, -0.15) is 0 Å². The van der Waals surface area contributed by atoms with E-state index in [0.29, 0.717) is 12.8 Å². The van der Waals surface area contributed by atoms with Gasteiger partial charge in [-0.3, -0.25) is 23.4 Å². The molecule has 0 aromatic rings. The van der Waals surface area contributed by atoms with Gasteiger partial charge in [0.25, 0.3) is 0 Å². The van der Waals surface area contributed by atoms with Gasteiger partial charge in [0, 0.05) is 12.8 Å². The predicted molar refractivity (Wildman–Crippen MR) is 203 cm³/mol. The van der Waals surface area contributed by atoms with Crippen molar-refractivity contribution in [2.75, 3.05) is 19.8 Å². The number of carboxylic acid groups (broad SMARTS) is 1. The van der Waals surface area contributed by atoms with Gasteiger partial charge in [-0.15, -0.1) is 0 Å². The number of ether oxygens (including phenoxy) is 2. The Balaban J connectivity index is 4.43. The highest BCUT2D eigenvalue weighted by molar-refractivity contribution is 7.47. The van der Waals surface area contributed by atoms with E-state index < -0.39 is 51.1 Å². The number of carbonyl (C=O) groups excluding carboxylic acids is 2. The molecule has 0 bridgehead atoms. The van der Waals surface area contributed by atoms with Crippen LogP contribution in [0.15, 0.2) is 24.3 Å². The Labute approximate surface area is 309 Å². The summed E-state index contributed by atoms with van der Waals surface area (Å²) in [5.41, 5.74) is 5.32. The van der Waals surface area contributed by atoms with Crippen LogP contribution in [-0.4, -0.2) is 59.9 Å². The van der Waals surface area contributed by atoms with Crippen LogP contribution < -0.4 is 5.73 Å². The van der Waals surface area contributed by atoms with Crippen LogP contribution in [0.4, 0.5) is 0 Å². The van der Waals surface area contributed by atoms with Crippen LogP contribution in [0.2, 0.25) is 0 Å². The third kappa shape index (κ3) is 34.8. The van der Waals surface area contributed by atoms with Crippen LogP contribution in [0.1, 0.15) is 174 Å². The van der Waals surface area contributed by atoms with Crippen molar-refractivity contribution in [3.63, 3.8) is 0 Å². The van der Waals surface area contributed by atoms with Crippen molar-refractivity contribution in [2.45, 2.75) is 187 Å². The summed E-state index contributed by atoms with van der Waals surface area (Å²) < 4.78 is 32.6. The smallest absolute Gasteiger partial charge is 0.472 e. The van der Waals surface area contributed by atoms with E-state index in [0.717, 1.165) is 77.0 Å². The molecule has 0 aromatic heterocycles. The first-order valence-electron chi connectivity index (χ1n) is 19.9. The summed E-state index contributed by atoms with van der Waals surface area (Å²) >= 11 is 0. The molecular formula is C39H72NO10P. The topological polar surface area (TPSA) is 172 Å². The molecule has 0 radical (unpaired) electrons. The number of rotatable bonds is 37. The minimum absolute atomic E-state index is 0.150. The second-order valence-electron chi connectivity index (χ2n) is 13.4. The molecule has 0 spiro atoms. The Bertz CT molecular complexity index is 974. The highest BCUT2D eigenvalue weighted by atomic mass is 31.2. The molecule has 0 aliphatic heterocycles. The van der Waals surface area contributed by atoms with E-state index >= 15 is 0 Å². The fourth-order valence-electron chi connectivity index (χ4n) is 5.23. The van der Waals surface area contributed by atoms with Crippen molar-refractivity contribution in [2.24, 2.45) is 5.73 Å². The maximum atomic E-state index is 12.5. The molecule has 0 rings (SSSR count). The molecule has 298 valence electrons. The van der Waals surface area contributed by atoms with Crippen LogP contribution in [0.3, 0.4) is 0 Å². The number of unbranched alkanes of at least 4 members (excludes halogenated alkanes) is 19. The lowest BCUT2D eigenvalue weighted by atomic mass is 10.1. The molecule has 11 nitrogen and oxygen atoms in total. The van der Waals surface area contributed by atoms with Gasteiger partial charge in [0.2, 0.25) is 0 Å². The largest absolute Gasteiger partial charge is 0.480 e. The van der Waals surface area contributed by atoms with Crippen LogP contribution in [0, 0.1) is 0 Å². The molecule has 12 heteroatoms. The van der Waals surface area contributed by atoms with E-state index in [4.69, 9.17) is 24.8 Å². The number of nitrogens with two attached hydrogens (primary N) is 1. The molecule has 3 atom stereocenters. The third-order valence-electron chi connectivity index (χ3n) is 8.42. The van der Waals surface area contributed by atoms with E-state index in [-0.39, 0.29) is 19.4 Å². The predicted octanol–water partition coefficient (Wildman–Crippen LogP) is 9.89. The molecule has 0 fully saturated rings. The monoisotopic (exact) mass is 745 g/mol. The van der Waals surface area contributed by atoms with Gasteiger partial charge in [-0.1, -0.05) is 122 Å². The van der Waals surface area contributed by atoms with Crippen molar-refractivity contribution in [3.8, 4) is 0 Å². The maximum absolute atomic E-state index is 12.5. The van der Waals surface area contributed by atoms with Gasteiger partial charge in [0.1, 0.15) is 12.6 Å². The van der Waals surface area contributed by atoms with Gasteiger partial charge < -0.3 is 25.2 Å². The van der Waals surface area contributed by atoms with E-state index in [1.807, 2.05) is 0 Å². The molecule has 0 amide bonds. The van der Waals surface area contributed by atoms with Crippen LogP contribution in [0.5, 0.6) is 0 Å². The summed E-state index contributed by atoms with van der Waals surface area (Å²) in [4.78, 5) is 45.8. The Morgan fingerprint density at radius 3 is 1.47 bits per heavy atom. The lowest BCUT2D eigenvalue weighted by molar-refractivity contribution is -0.161. The molecule has 0 aromatic carbocycles. The molecule has 1 unspecified atom stereocenters. The first-order chi connectivity index (χ1) is 24.6. The molecule has 0 aliphatic carbocycles. The quantitative estimate of drug-likeness (QED) is 0.0239. The zero-order valence-corrected chi connectivity index (χ0v) is 32.8. The Morgan fingerprint density at radius 1 is 0.588 bits per heavy atom. The minimum atomic E-state index is -4.71. The number of carbonyl (C=O) groups is 3. The summed E-state index contributed by atoms with van der Waals surface area (Å²) in [5, 5.41) is 8.86. The minimum Gasteiger partial charge on any atom is -0.480 e. The van der Waals surface area contributed by atoms with Crippen LogP contribution >= 0.6 is 7.82 Å². The molecule has 51 heavy (non-hydrogen) atoms. The van der Waals surface area contributed by atoms with Crippen LogP contribution in [0.25, 0.3) is 0 Å². The Hall–Kier alpha value is -2.04. The molecule has 0 aliphatic rings. The number of hydrogen-bond donors (Lipinski definition) is 3. The maximum Gasteiger partial charge on any atom is 0.472 e. The van der Waals surface area contributed by atoms with Crippen molar-refractivity contribution in [1.29, 1.82) is 0 Å². The number of hydrogen-bond acceptors (Lipinski definition) is 9. The standard InChI is InChI=1S/C39H72NO10P/c1-3-5-7-9-11-13-15-17-18-19-21-22-24-26-28-30-37(41)47-32-35(33-48-51(45,46)49-34-36(40)39(43)44)50-38(42)31-29-27-25-23-20-16-14-12-10-8-6-4-2/h12,14,17-18,35-36H,3-11,13,15-16,19-34,40H2,1-2H3,(H,43,44)(H,45,46)/b14-12-,18-17-/t35-,36+/m1/s1. The second kappa shape index (κ2) is 35.0. The van der Waals surface area contributed by atoms with Crippen molar-refractivity contribution >= 4 is 25.7 Å². The normalized spacial score (nSPS) is 14.1. The number of aliphatic carboxylic acids is 1. The van der Waals surface area contributed by atoms with Crippen molar-refractivity contribution in [3.05, 3.63) is 24.3 Å². The molecule has 0 heterocycles. The highest BCUT2D eigenvalue weighted by Gasteiger charge is 2.28. The first kappa shape index (κ1) is 49.0. The van der Waals surface area contributed by atoms with Gasteiger partial charge in [-0.25, -0.2) is 4.57 Å². The number of phosphoric ester groups is 1. The number of carboxylic acids is 1. The highest BCUT2D eigenvalue weighted by Crippen LogP contribution is 2.43. The van der Waals surface area contributed by atoms with Gasteiger partial charge >= 0.3 is 25.7 Å². The molecular weight excluding hydrogens is 673 g/mol. The number of phosphoric acid groups is 1. The second-order valence-corrected chi connectivity index (χ2v) is 14.9. The Morgan fingerprint density at radius 2 is 0.980 bits per heavy atom. The summed E-state index contributed by atoms with van der Waals surface area (Å²) in [6.45, 7) is 2.74. The van der Waals surface area contributed by atoms with E-state index in [1.165, 1.54) is 57.8 Å². The average Bonchev–Trinajstić information content (AvgIpc) is 3.10. The lowest BCUT2D eigenvalue weighted by Crippen LogP contribution is -2.34. The van der Waals surface area contributed by atoms with Crippen molar-refractivity contribution < 1.29 is 47.5 Å². The van der Waals surface area contributed by atoms with Gasteiger partial charge in [0.15, 0.2) is 6.10 Å². The summed E-state index contributed by atoms with van der Waals surface area (Å²) in [5.74, 6) is -2.40. The van der Waals surface area contributed by atoms with Gasteiger partial charge in [0.05, 0.1) is 13.2 Å².